The first-order valence-electron chi connectivity index (χ1n) is 8.79. The number of aliphatic imine (C=N–C) groups is 1. The molecule has 0 radical (unpaired) electrons. The summed E-state index contributed by atoms with van der Waals surface area (Å²) in [5.74, 6) is -0.255. The van der Waals surface area contributed by atoms with Crippen molar-refractivity contribution in [2.75, 3.05) is 6.26 Å². The van der Waals surface area contributed by atoms with Gasteiger partial charge in [0.15, 0.2) is 9.84 Å². The number of amidine groups is 1. The van der Waals surface area contributed by atoms with E-state index in [0.29, 0.717) is 5.56 Å². The predicted molar refractivity (Wildman–Crippen MR) is 109 cm³/mol. The number of benzene rings is 2. The molecule has 1 aliphatic rings. The number of hydrogen-bond donors (Lipinski definition) is 2. The van der Waals surface area contributed by atoms with Crippen LogP contribution in [-0.2, 0) is 24.7 Å². The van der Waals surface area contributed by atoms with Crippen LogP contribution in [0.2, 0.25) is 0 Å². The molecule has 0 spiro atoms. The first-order chi connectivity index (χ1) is 13.5. The second kappa shape index (κ2) is 7.60. The van der Waals surface area contributed by atoms with Crippen LogP contribution in [0.15, 0.2) is 63.3 Å². The lowest BCUT2D eigenvalue weighted by Gasteiger charge is -2.17. The molecule has 29 heavy (non-hydrogen) atoms. The zero-order valence-electron chi connectivity index (χ0n) is 16.1. The van der Waals surface area contributed by atoms with Crippen molar-refractivity contribution in [3.63, 3.8) is 0 Å². The largest absolute Gasteiger partial charge is 0.348 e. The molecule has 0 bridgehead atoms. The molecule has 154 valence electrons. The molecule has 0 fully saturated rings. The second-order valence-electron chi connectivity index (χ2n) is 6.83. The van der Waals surface area contributed by atoms with Crippen molar-refractivity contribution in [2.24, 2.45) is 4.99 Å². The van der Waals surface area contributed by atoms with Gasteiger partial charge >= 0.3 is 0 Å². The number of nitrogens with zero attached hydrogens (tertiary/aromatic N) is 1. The number of carbonyl (C=O) groups excluding carboxylic acids is 1. The Morgan fingerprint density at radius 3 is 2.31 bits per heavy atom. The van der Waals surface area contributed by atoms with Crippen molar-refractivity contribution in [1.29, 1.82) is 0 Å². The van der Waals surface area contributed by atoms with Crippen LogP contribution < -0.4 is 10.0 Å². The van der Waals surface area contributed by atoms with Gasteiger partial charge in [-0.2, -0.15) is 0 Å². The second-order valence-corrected chi connectivity index (χ2v) is 10.5. The molecule has 10 heteroatoms. The first kappa shape index (κ1) is 21.0. The molecule has 2 aromatic carbocycles. The summed E-state index contributed by atoms with van der Waals surface area (Å²) in [6.45, 7) is 3.33. The normalized spacial score (nSPS) is 18.5. The number of rotatable bonds is 5. The smallest absolute Gasteiger partial charge is 0.263 e. The predicted octanol–water partition coefficient (Wildman–Crippen LogP) is 1.39. The number of sulfone groups is 1. The molecule has 0 saturated heterocycles. The van der Waals surface area contributed by atoms with Gasteiger partial charge in [-0.1, -0.05) is 24.3 Å². The van der Waals surface area contributed by atoms with E-state index in [1.165, 1.54) is 18.2 Å². The van der Waals surface area contributed by atoms with Crippen molar-refractivity contribution < 1.29 is 21.6 Å². The lowest BCUT2D eigenvalue weighted by atomic mass is 10.1. The van der Waals surface area contributed by atoms with Gasteiger partial charge in [0.1, 0.15) is 11.9 Å². The molecule has 0 saturated carbocycles. The van der Waals surface area contributed by atoms with Gasteiger partial charge in [0.05, 0.1) is 15.8 Å². The Hall–Kier alpha value is -2.72. The maximum atomic E-state index is 12.5. The molecule has 8 nitrogen and oxygen atoms in total. The molecule has 1 aliphatic heterocycles. The van der Waals surface area contributed by atoms with E-state index in [4.69, 9.17) is 0 Å². The molecule has 1 heterocycles. The molecule has 2 atom stereocenters. The fourth-order valence-electron chi connectivity index (χ4n) is 2.90. The highest BCUT2D eigenvalue weighted by Gasteiger charge is 2.31. The third-order valence-electron chi connectivity index (χ3n) is 4.53. The molecule has 1 amide bonds. The Kier molecular flexibility index (Phi) is 5.50. The van der Waals surface area contributed by atoms with Crippen molar-refractivity contribution >= 4 is 31.6 Å². The third-order valence-corrected chi connectivity index (χ3v) is 7.06. The van der Waals surface area contributed by atoms with Gasteiger partial charge in [-0.25, -0.2) is 16.8 Å². The summed E-state index contributed by atoms with van der Waals surface area (Å²) in [6.07, 6.45) is 1.13. The number of carbonyl (C=O) groups is 1. The Labute approximate surface area is 170 Å². The Balaban J connectivity index is 1.74. The molecule has 2 N–H and O–H groups in total. The molecule has 2 aromatic rings. The maximum Gasteiger partial charge on any atom is 0.263 e. The van der Waals surface area contributed by atoms with Crippen molar-refractivity contribution in [2.45, 2.75) is 35.7 Å². The quantitative estimate of drug-likeness (QED) is 0.735. The molecule has 0 aromatic heterocycles. The van der Waals surface area contributed by atoms with Crippen LogP contribution in [0.3, 0.4) is 0 Å². The van der Waals surface area contributed by atoms with Gasteiger partial charge in [-0.3, -0.25) is 14.5 Å². The van der Waals surface area contributed by atoms with E-state index < -0.39 is 25.9 Å². The van der Waals surface area contributed by atoms with Gasteiger partial charge in [0, 0.05) is 11.8 Å². The minimum Gasteiger partial charge on any atom is -0.348 e. The van der Waals surface area contributed by atoms with Gasteiger partial charge < -0.3 is 5.32 Å². The Morgan fingerprint density at radius 2 is 1.69 bits per heavy atom. The van der Waals surface area contributed by atoms with Gasteiger partial charge in [-0.05, 0) is 43.7 Å². The molecule has 1 unspecified atom stereocenters. The minimum atomic E-state index is -3.67. The fraction of sp³-hybridized carbons (Fsp3) is 0.263. The van der Waals surface area contributed by atoms with Crippen molar-refractivity contribution in [3.05, 3.63) is 59.7 Å². The monoisotopic (exact) mass is 435 g/mol. The summed E-state index contributed by atoms with van der Waals surface area (Å²) in [7, 11) is -6.96. The van der Waals surface area contributed by atoms with Crippen LogP contribution in [0.1, 0.15) is 31.0 Å². The number of sulfonamides is 1. The van der Waals surface area contributed by atoms with E-state index in [2.05, 4.69) is 15.0 Å². The highest BCUT2D eigenvalue weighted by molar-refractivity contribution is 7.91. The standard InChI is InChI=1S/C19H21N3O5S2/c1-12(14-8-10-15(11-9-14)28(3,24)25)21-19(23)13(2)20-18-16-6-4-5-7-17(16)29(26,27)22-18/h4-13H,1-3H3,(H,20,22)(H,21,23)/t12?,13-/m0/s1. The minimum absolute atomic E-state index is 0.130. The summed E-state index contributed by atoms with van der Waals surface area (Å²) in [4.78, 5) is 17.1. The molecule has 3 rings (SSSR count). The summed E-state index contributed by atoms with van der Waals surface area (Å²) in [5, 5.41) is 2.80. The Morgan fingerprint density at radius 1 is 1.07 bits per heavy atom. The van der Waals surface area contributed by atoms with E-state index in [0.717, 1.165) is 11.8 Å². The van der Waals surface area contributed by atoms with Crippen LogP contribution in [0.5, 0.6) is 0 Å². The van der Waals surface area contributed by atoms with E-state index in [1.807, 2.05) is 0 Å². The molecule has 0 aliphatic carbocycles. The van der Waals surface area contributed by atoms with Crippen LogP contribution in [0.4, 0.5) is 0 Å². The molecular formula is C19H21N3O5S2. The highest BCUT2D eigenvalue weighted by atomic mass is 32.2. The SMILES string of the molecule is CC(NC(=O)[C@H](C)N=C1NS(=O)(=O)c2ccccc21)c1ccc(S(C)(=O)=O)cc1. The van der Waals surface area contributed by atoms with Crippen LogP contribution in [0.25, 0.3) is 0 Å². The topological polar surface area (TPSA) is 122 Å². The summed E-state index contributed by atoms with van der Waals surface area (Å²) in [5.41, 5.74) is 1.16. The lowest BCUT2D eigenvalue weighted by Crippen LogP contribution is -2.35. The maximum absolute atomic E-state index is 12.5. The van der Waals surface area contributed by atoms with Crippen LogP contribution >= 0.6 is 0 Å². The zero-order chi connectivity index (χ0) is 21.4. The molecular weight excluding hydrogens is 414 g/mol. The summed E-state index contributed by atoms with van der Waals surface area (Å²) >= 11 is 0. The number of amides is 1. The number of fused-ring (bicyclic) bond motifs is 1. The fourth-order valence-corrected chi connectivity index (χ4v) is 4.77. The van der Waals surface area contributed by atoms with Crippen LogP contribution in [0, 0.1) is 0 Å². The summed E-state index contributed by atoms with van der Waals surface area (Å²) in [6, 6.07) is 11.5. The number of hydrogen-bond acceptors (Lipinski definition) is 6. The van der Waals surface area contributed by atoms with E-state index >= 15 is 0 Å². The van der Waals surface area contributed by atoms with Gasteiger partial charge in [0.2, 0.25) is 5.91 Å². The lowest BCUT2D eigenvalue weighted by molar-refractivity contribution is -0.122. The van der Waals surface area contributed by atoms with Crippen molar-refractivity contribution in [1.82, 2.24) is 10.0 Å². The van der Waals surface area contributed by atoms with Gasteiger partial charge in [-0.15, -0.1) is 0 Å². The van der Waals surface area contributed by atoms with E-state index in [9.17, 15) is 21.6 Å². The van der Waals surface area contributed by atoms with Crippen LogP contribution in [-0.4, -0.2) is 40.9 Å². The first-order valence-corrected chi connectivity index (χ1v) is 12.2. The Bertz CT molecular complexity index is 1190. The zero-order valence-corrected chi connectivity index (χ0v) is 17.7. The highest BCUT2D eigenvalue weighted by Crippen LogP contribution is 2.23. The van der Waals surface area contributed by atoms with E-state index in [-0.39, 0.29) is 27.6 Å². The average Bonchev–Trinajstić information content (AvgIpc) is 2.91. The average molecular weight is 436 g/mol. The summed E-state index contributed by atoms with van der Waals surface area (Å²) < 4.78 is 49.7. The number of nitrogens with one attached hydrogen (secondary N) is 2. The van der Waals surface area contributed by atoms with Crippen molar-refractivity contribution in [3.8, 4) is 0 Å². The van der Waals surface area contributed by atoms with Gasteiger partial charge in [0.25, 0.3) is 10.0 Å². The van der Waals surface area contributed by atoms with E-state index in [1.54, 1.807) is 44.2 Å². The third kappa shape index (κ3) is 4.48.